The van der Waals surface area contributed by atoms with Gasteiger partial charge in [0.25, 0.3) is 0 Å². The monoisotopic (exact) mass is 525 g/mol. The number of hydrogen-bond donors (Lipinski definition) is 1. The molecule has 1 aliphatic carbocycles. The van der Waals surface area contributed by atoms with Gasteiger partial charge < -0.3 is 20.3 Å². The average molecular weight is 526 g/mol. The highest BCUT2D eigenvalue weighted by Gasteiger charge is 2.56. The SMILES string of the molecule is COc1ccc(C2(C(=O)N([C@@H](Cc3ccc(Br)cc3)C(N)=O)[C@H]3CN4CCC3CC4)CC2)cc1. The van der Waals surface area contributed by atoms with E-state index >= 15 is 0 Å². The summed E-state index contributed by atoms with van der Waals surface area (Å²) < 4.78 is 6.30. The number of nitrogens with two attached hydrogens (primary N) is 1. The maximum Gasteiger partial charge on any atom is 0.240 e. The zero-order valence-corrected chi connectivity index (χ0v) is 21.2. The van der Waals surface area contributed by atoms with Gasteiger partial charge in [-0.2, -0.15) is 0 Å². The molecule has 2 aromatic rings. The Bertz CT molecular complexity index is 1040. The zero-order valence-electron chi connectivity index (χ0n) is 19.6. The Balaban J connectivity index is 1.51. The summed E-state index contributed by atoms with van der Waals surface area (Å²) in [6, 6.07) is 15.1. The third kappa shape index (κ3) is 4.36. The molecule has 2 N–H and O–H groups in total. The minimum Gasteiger partial charge on any atom is -0.497 e. The predicted molar refractivity (Wildman–Crippen MR) is 135 cm³/mol. The summed E-state index contributed by atoms with van der Waals surface area (Å²) in [5.41, 5.74) is 7.45. The van der Waals surface area contributed by atoms with Gasteiger partial charge in [-0.1, -0.05) is 40.2 Å². The molecule has 1 saturated carbocycles. The number of hydrogen-bond acceptors (Lipinski definition) is 4. The predicted octanol–water partition coefficient (Wildman–Crippen LogP) is 3.51. The largest absolute Gasteiger partial charge is 0.497 e. The van der Waals surface area contributed by atoms with Crippen LogP contribution in [-0.2, 0) is 21.4 Å². The number of piperidine rings is 3. The minimum absolute atomic E-state index is 0.0127. The Morgan fingerprint density at radius 3 is 2.26 bits per heavy atom. The standard InChI is InChI=1S/C27H32BrN3O3/c1-34-22-8-4-20(5-9-22)27(12-13-27)26(33)31(24-17-30-14-10-19(24)11-15-30)23(25(29)32)16-18-2-6-21(28)7-3-18/h2-9,19,23-24H,10-17H2,1H3,(H2,29,32)/t23-,24-/m0/s1. The average Bonchev–Trinajstić information content (AvgIpc) is 3.68. The van der Waals surface area contributed by atoms with Crippen molar-refractivity contribution in [1.29, 1.82) is 0 Å². The molecule has 0 unspecified atom stereocenters. The smallest absolute Gasteiger partial charge is 0.240 e. The van der Waals surface area contributed by atoms with Crippen LogP contribution in [0.25, 0.3) is 0 Å². The van der Waals surface area contributed by atoms with Gasteiger partial charge >= 0.3 is 0 Å². The van der Waals surface area contributed by atoms with Crippen LogP contribution < -0.4 is 10.5 Å². The molecule has 4 aliphatic rings. The summed E-state index contributed by atoms with van der Waals surface area (Å²) >= 11 is 3.48. The molecule has 34 heavy (non-hydrogen) atoms. The molecule has 2 aromatic carbocycles. The van der Waals surface area contributed by atoms with Crippen LogP contribution in [0.5, 0.6) is 5.75 Å². The summed E-state index contributed by atoms with van der Waals surface area (Å²) in [7, 11) is 1.64. The fraction of sp³-hybridized carbons (Fsp3) is 0.481. The maximum absolute atomic E-state index is 14.4. The molecule has 7 heteroatoms. The van der Waals surface area contributed by atoms with Gasteiger partial charge in [-0.15, -0.1) is 0 Å². The molecule has 180 valence electrons. The van der Waals surface area contributed by atoms with Crippen molar-refractivity contribution in [3.8, 4) is 5.75 Å². The second-order valence-electron chi connectivity index (χ2n) is 9.98. The summed E-state index contributed by atoms with van der Waals surface area (Å²) in [5, 5.41) is 0. The van der Waals surface area contributed by atoms with E-state index in [0.29, 0.717) is 12.3 Å². The highest BCUT2D eigenvalue weighted by atomic mass is 79.9. The molecule has 4 fully saturated rings. The topological polar surface area (TPSA) is 75.9 Å². The summed E-state index contributed by atoms with van der Waals surface area (Å²) in [4.78, 5) is 31.7. The molecule has 3 heterocycles. The molecule has 0 spiro atoms. The molecule has 3 aliphatic heterocycles. The first-order valence-electron chi connectivity index (χ1n) is 12.1. The van der Waals surface area contributed by atoms with E-state index in [0.717, 1.165) is 66.7 Å². The third-order valence-electron chi connectivity index (χ3n) is 8.02. The number of ether oxygens (including phenoxy) is 1. The lowest BCUT2D eigenvalue weighted by Crippen LogP contribution is -2.65. The first-order chi connectivity index (χ1) is 16.4. The minimum atomic E-state index is -0.671. The van der Waals surface area contributed by atoms with E-state index < -0.39 is 17.4 Å². The fourth-order valence-electron chi connectivity index (χ4n) is 5.86. The number of rotatable bonds is 8. The molecule has 2 bridgehead atoms. The molecule has 3 saturated heterocycles. The lowest BCUT2D eigenvalue weighted by Gasteiger charge is -2.51. The van der Waals surface area contributed by atoms with Gasteiger partial charge in [-0.05, 0) is 80.1 Å². The van der Waals surface area contributed by atoms with Crippen LogP contribution in [0.1, 0.15) is 36.8 Å². The fourth-order valence-corrected chi connectivity index (χ4v) is 6.12. The van der Waals surface area contributed by atoms with Crippen molar-refractivity contribution in [3.63, 3.8) is 0 Å². The number of primary amides is 1. The number of benzene rings is 2. The highest BCUT2D eigenvalue weighted by Crippen LogP contribution is 2.51. The highest BCUT2D eigenvalue weighted by molar-refractivity contribution is 9.10. The lowest BCUT2D eigenvalue weighted by atomic mass is 9.80. The molecular formula is C27H32BrN3O3. The zero-order chi connectivity index (χ0) is 23.9. The molecule has 2 atom stereocenters. The maximum atomic E-state index is 14.4. The van der Waals surface area contributed by atoms with E-state index in [9.17, 15) is 9.59 Å². The van der Waals surface area contributed by atoms with Crippen LogP contribution in [0.4, 0.5) is 0 Å². The van der Waals surface area contributed by atoms with Crippen LogP contribution >= 0.6 is 15.9 Å². The Morgan fingerprint density at radius 2 is 1.76 bits per heavy atom. The number of fused-ring (bicyclic) bond motifs is 3. The van der Waals surface area contributed by atoms with Crippen molar-refractivity contribution >= 4 is 27.7 Å². The van der Waals surface area contributed by atoms with Crippen LogP contribution in [-0.4, -0.2) is 60.4 Å². The number of carbonyl (C=O) groups excluding carboxylic acids is 2. The molecule has 6 nitrogen and oxygen atoms in total. The Morgan fingerprint density at radius 1 is 1.12 bits per heavy atom. The van der Waals surface area contributed by atoms with E-state index in [4.69, 9.17) is 10.5 Å². The second kappa shape index (κ2) is 9.34. The van der Waals surface area contributed by atoms with Crippen LogP contribution in [0, 0.1) is 5.92 Å². The molecule has 2 amide bonds. The van der Waals surface area contributed by atoms with E-state index in [-0.39, 0.29) is 11.9 Å². The van der Waals surface area contributed by atoms with Gasteiger partial charge in [0.15, 0.2) is 0 Å². The van der Waals surface area contributed by atoms with Crippen molar-refractivity contribution in [1.82, 2.24) is 9.80 Å². The summed E-state index contributed by atoms with van der Waals surface area (Å²) in [6.07, 6.45) is 4.14. The normalized spacial score (nSPS) is 25.4. The third-order valence-corrected chi connectivity index (χ3v) is 8.55. The van der Waals surface area contributed by atoms with Crippen molar-refractivity contribution in [2.45, 2.75) is 49.6 Å². The number of amides is 2. The number of methoxy groups -OCH3 is 1. The quantitative estimate of drug-likeness (QED) is 0.572. The lowest BCUT2D eigenvalue weighted by molar-refractivity contribution is -0.149. The van der Waals surface area contributed by atoms with E-state index in [1.807, 2.05) is 53.4 Å². The van der Waals surface area contributed by atoms with Gasteiger partial charge in [-0.3, -0.25) is 9.59 Å². The number of carbonyl (C=O) groups is 2. The molecular weight excluding hydrogens is 494 g/mol. The Labute approximate surface area is 209 Å². The van der Waals surface area contributed by atoms with Crippen LogP contribution in [0.2, 0.25) is 0 Å². The van der Waals surface area contributed by atoms with Crippen molar-refractivity contribution < 1.29 is 14.3 Å². The first-order valence-corrected chi connectivity index (χ1v) is 12.9. The summed E-state index contributed by atoms with van der Waals surface area (Å²) in [6.45, 7) is 2.96. The molecule has 0 aromatic heterocycles. The second-order valence-corrected chi connectivity index (χ2v) is 10.9. The molecule has 6 rings (SSSR count). The van der Waals surface area contributed by atoms with Gasteiger partial charge in [0.05, 0.1) is 12.5 Å². The Kier molecular flexibility index (Phi) is 6.42. The van der Waals surface area contributed by atoms with E-state index in [1.54, 1.807) is 7.11 Å². The number of halogens is 1. The Hall–Kier alpha value is -2.38. The van der Waals surface area contributed by atoms with Gasteiger partial charge in [-0.25, -0.2) is 0 Å². The van der Waals surface area contributed by atoms with Crippen LogP contribution in [0.3, 0.4) is 0 Å². The van der Waals surface area contributed by atoms with Gasteiger partial charge in [0.1, 0.15) is 11.8 Å². The van der Waals surface area contributed by atoms with Crippen molar-refractivity contribution in [2.24, 2.45) is 11.7 Å². The van der Waals surface area contributed by atoms with Crippen molar-refractivity contribution in [2.75, 3.05) is 26.7 Å². The van der Waals surface area contributed by atoms with Gasteiger partial charge in [0.2, 0.25) is 11.8 Å². The molecule has 0 radical (unpaired) electrons. The van der Waals surface area contributed by atoms with Crippen LogP contribution in [0.15, 0.2) is 53.0 Å². The van der Waals surface area contributed by atoms with E-state index in [1.165, 1.54) is 0 Å². The van der Waals surface area contributed by atoms with Gasteiger partial charge in [0, 0.05) is 23.5 Å². The number of nitrogens with zero attached hydrogens (tertiary/aromatic N) is 2. The van der Waals surface area contributed by atoms with Crippen molar-refractivity contribution in [3.05, 3.63) is 64.1 Å². The first kappa shape index (κ1) is 23.4. The summed E-state index contributed by atoms with van der Waals surface area (Å²) in [5.74, 6) is 0.800. The van der Waals surface area contributed by atoms with E-state index in [2.05, 4.69) is 20.8 Å².